The molecule has 1 heterocycles. The minimum Gasteiger partial charge on any atom is -0.490 e. The van der Waals surface area contributed by atoms with Crippen LogP contribution in [-0.4, -0.2) is 37.7 Å². The molecule has 2 rings (SSSR count). The number of ether oxygens (including phenoxy) is 1. The predicted molar refractivity (Wildman–Crippen MR) is 95.0 cm³/mol. The van der Waals surface area contributed by atoms with E-state index in [0.29, 0.717) is 0 Å². The molecule has 1 N–H and O–H groups in total. The molecule has 0 saturated carbocycles. The summed E-state index contributed by atoms with van der Waals surface area (Å²) in [5.41, 5.74) is 2.58. The van der Waals surface area contributed by atoms with E-state index in [-0.39, 0.29) is 0 Å². The third-order valence-electron chi connectivity index (χ3n) is 4.31. The minimum atomic E-state index is 0.774. The first-order valence-electron chi connectivity index (χ1n) is 9.05. The Balaban J connectivity index is 1.78. The van der Waals surface area contributed by atoms with Crippen LogP contribution in [-0.2, 0) is 6.42 Å². The maximum absolute atomic E-state index is 5.64. The summed E-state index contributed by atoms with van der Waals surface area (Å²) in [7, 11) is 0. The number of unbranched alkanes of at least 4 members (excludes halogenated alkanes) is 2. The van der Waals surface area contributed by atoms with Crippen molar-refractivity contribution in [2.24, 2.45) is 0 Å². The second-order valence-electron chi connectivity index (χ2n) is 6.26. The zero-order chi connectivity index (χ0) is 15.6. The fourth-order valence-corrected chi connectivity index (χ4v) is 2.95. The first-order valence-corrected chi connectivity index (χ1v) is 9.05. The highest BCUT2D eigenvalue weighted by Crippen LogP contribution is 2.28. The Morgan fingerprint density at radius 1 is 1.05 bits per heavy atom. The molecular weight excluding hydrogens is 272 g/mol. The number of anilines is 1. The van der Waals surface area contributed by atoms with Crippen molar-refractivity contribution in [3.63, 3.8) is 0 Å². The zero-order valence-electron chi connectivity index (χ0n) is 14.4. The van der Waals surface area contributed by atoms with Crippen LogP contribution in [0.1, 0.15) is 51.5 Å². The van der Waals surface area contributed by atoms with E-state index in [9.17, 15) is 0 Å². The minimum absolute atomic E-state index is 0.774. The van der Waals surface area contributed by atoms with Crippen LogP contribution in [0, 0.1) is 0 Å². The van der Waals surface area contributed by atoms with E-state index in [4.69, 9.17) is 4.74 Å². The average molecular weight is 304 g/mol. The molecule has 3 heteroatoms. The van der Waals surface area contributed by atoms with Gasteiger partial charge in [-0.2, -0.15) is 0 Å². The van der Waals surface area contributed by atoms with E-state index < -0.39 is 0 Å². The van der Waals surface area contributed by atoms with Crippen LogP contribution in [0.25, 0.3) is 0 Å². The van der Waals surface area contributed by atoms with E-state index in [1.165, 1.54) is 57.3 Å². The van der Waals surface area contributed by atoms with Crippen molar-refractivity contribution in [3.8, 4) is 5.75 Å². The van der Waals surface area contributed by atoms with Crippen molar-refractivity contribution in [2.75, 3.05) is 38.1 Å². The maximum atomic E-state index is 5.64. The summed E-state index contributed by atoms with van der Waals surface area (Å²) >= 11 is 0. The standard InChI is InChI=1S/C19H32N2O/c1-3-5-12-21(13-6-4-2)14-7-8-17-9-10-19-18(16-17)20-11-15-22-19/h9-10,16,20H,3-8,11-15H2,1-2H3. The van der Waals surface area contributed by atoms with Gasteiger partial charge in [-0.05, 0) is 63.0 Å². The summed E-state index contributed by atoms with van der Waals surface area (Å²) in [5.74, 6) is 1.00. The van der Waals surface area contributed by atoms with Gasteiger partial charge in [-0.25, -0.2) is 0 Å². The molecule has 0 aliphatic carbocycles. The Morgan fingerprint density at radius 2 is 1.77 bits per heavy atom. The van der Waals surface area contributed by atoms with Crippen molar-refractivity contribution < 1.29 is 4.74 Å². The highest BCUT2D eigenvalue weighted by atomic mass is 16.5. The summed E-state index contributed by atoms with van der Waals surface area (Å²) in [5, 5.41) is 3.42. The van der Waals surface area contributed by atoms with E-state index in [0.717, 1.165) is 31.0 Å². The fraction of sp³-hybridized carbons (Fsp3) is 0.684. The van der Waals surface area contributed by atoms with Gasteiger partial charge in [0.05, 0.1) is 5.69 Å². The second-order valence-corrected chi connectivity index (χ2v) is 6.26. The van der Waals surface area contributed by atoms with Crippen molar-refractivity contribution in [2.45, 2.75) is 52.4 Å². The van der Waals surface area contributed by atoms with Crippen LogP contribution in [0.3, 0.4) is 0 Å². The maximum Gasteiger partial charge on any atom is 0.142 e. The normalized spacial score (nSPS) is 13.6. The smallest absolute Gasteiger partial charge is 0.142 e. The van der Waals surface area contributed by atoms with Gasteiger partial charge in [-0.1, -0.05) is 32.8 Å². The van der Waals surface area contributed by atoms with Gasteiger partial charge in [0.15, 0.2) is 0 Å². The van der Waals surface area contributed by atoms with Gasteiger partial charge in [0, 0.05) is 6.54 Å². The number of hydrogen-bond acceptors (Lipinski definition) is 3. The van der Waals surface area contributed by atoms with Gasteiger partial charge < -0.3 is 15.0 Å². The van der Waals surface area contributed by atoms with Crippen LogP contribution in [0.2, 0.25) is 0 Å². The lowest BCUT2D eigenvalue weighted by Crippen LogP contribution is -2.27. The van der Waals surface area contributed by atoms with Gasteiger partial charge in [-0.3, -0.25) is 0 Å². The van der Waals surface area contributed by atoms with E-state index >= 15 is 0 Å². The quantitative estimate of drug-likeness (QED) is 0.696. The zero-order valence-corrected chi connectivity index (χ0v) is 14.4. The first-order chi connectivity index (χ1) is 10.8. The lowest BCUT2D eigenvalue weighted by atomic mass is 10.1. The Bertz CT molecular complexity index is 425. The fourth-order valence-electron chi connectivity index (χ4n) is 2.95. The van der Waals surface area contributed by atoms with Crippen molar-refractivity contribution >= 4 is 5.69 Å². The molecule has 1 aromatic rings. The highest BCUT2D eigenvalue weighted by molar-refractivity contribution is 5.59. The van der Waals surface area contributed by atoms with Crippen LogP contribution in [0.15, 0.2) is 18.2 Å². The predicted octanol–water partition coefficient (Wildman–Crippen LogP) is 4.33. The molecule has 124 valence electrons. The molecule has 0 radical (unpaired) electrons. The van der Waals surface area contributed by atoms with Gasteiger partial charge in [0.25, 0.3) is 0 Å². The molecule has 0 spiro atoms. The summed E-state index contributed by atoms with van der Waals surface area (Å²) < 4.78 is 5.64. The summed E-state index contributed by atoms with van der Waals surface area (Å²) in [6, 6.07) is 6.59. The molecule has 0 bridgehead atoms. The monoisotopic (exact) mass is 304 g/mol. The molecule has 0 unspecified atom stereocenters. The summed E-state index contributed by atoms with van der Waals surface area (Å²) in [4.78, 5) is 2.65. The number of nitrogens with zero attached hydrogens (tertiary/aromatic N) is 1. The Labute approximate surface area is 136 Å². The van der Waals surface area contributed by atoms with Gasteiger partial charge in [0.2, 0.25) is 0 Å². The topological polar surface area (TPSA) is 24.5 Å². The van der Waals surface area contributed by atoms with Gasteiger partial charge in [0.1, 0.15) is 12.4 Å². The van der Waals surface area contributed by atoms with Crippen molar-refractivity contribution in [1.29, 1.82) is 0 Å². The molecule has 1 aliphatic heterocycles. The van der Waals surface area contributed by atoms with Crippen molar-refractivity contribution in [1.82, 2.24) is 4.90 Å². The lowest BCUT2D eigenvalue weighted by Gasteiger charge is -2.22. The molecule has 0 aromatic heterocycles. The van der Waals surface area contributed by atoms with E-state index in [2.05, 4.69) is 42.3 Å². The number of hydrogen-bond donors (Lipinski definition) is 1. The molecule has 0 atom stereocenters. The van der Waals surface area contributed by atoms with E-state index in [1.807, 2.05) is 0 Å². The third-order valence-corrected chi connectivity index (χ3v) is 4.31. The summed E-state index contributed by atoms with van der Waals surface area (Å²) in [6.07, 6.45) is 7.63. The lowest BCUT2D eigenvalue weighted by molar-refractivity contribution is 0.262. The highest BCUT2D eigenvalue weighted by Gasteiger charge is 2.10. The Morgan fingerprint density at radius 3 is 2.50 bits per heavy atom. The molecule has 0 fully saturated rings. The number of fused-ring (bicyclic) bond motifs is 1. The van der Waals surface area contributed by atoms with Gasteiger partial charge >= 0.3 is 0 Å². The van der Waals surface area contributed by atoms with Crippen LogP contribution in [0.4, 0.5) is 5.69 Å². The molecule has 1 aliphatic rings. The molecule has 22 heavy (non-hydrogen) atoms. The molecule has 0 saturated heterocycles. The number of aryl methyl sites for hydroxylation is 1. The number of rotatable bonds is 10. The largest absolute Gasteiger partial charge is 0.490 e. The summed E-state index contributed by atoms with van der Waals surface area (Å²) in [6.45, 7) is 9.99. The van der Waals surface area contributed by atoms with Crippen LogP contribution >= 0.6 is 0 Å². The number of benzene rings is 1. The second kappa shape index (κ2) is 9.73. The first kappa shape index (κ1) is 17.1. The molecule has 1 aromatic carbocycles. The van der Waals surface area contributed by atoms with Crippen LogP contribution in [0.5, 0.6) is 5.75 Å². The SMILES string of the molecule is CCCCN(CCCC)CCCc1ccc2c(c1)NCCO2. The van der Waals surface area contributed by atoms with Crippen molar-refractivity contribution in [3.05, 3.63) is 23.8 Å². The van der Waals surface area contributed by atoms with E-state index in [1.54, 1.807) is 0 Å². The Kier molecular flexibility index (Phi) is 7.58. The average Bonchev–Trinajstić information content (AvgIpc) is 2.56. The molecule has 3 nitrogen and oxygen atoms in total. The van der Waals surface area contributed by atoms with Crippen LogP contribution < -0.4 is 10.1 Å². The van der Waals surface area contributed by atoms with Gasteiger partial charge in [-0.15, -0.1) is 0 Å². The molecule has 0 amide bonds. The number of nitrogens with one attached hydrogen (secondary N) is 1. The molecular formula is C19H32N2O. The Hall–Kier alpha value is -1.22. The third kappa shape index (κ3) is 5.53.